The molecule has 0 heterocycles. The average Bonchev–Trinajstić information content (AvgIpc) is 1.81. The summed E-state index contributed by atoms with van der Waals surface area (Å²) >= 11 is 0. The van der Waals surface area contributed by atoms with E-state index in [-0.39, 0.29) is 55.7 Å². The van der Waals surface area contributed by atoms with Gasteiger partial charge in [-0.15, -0.1) is 0 Å². The van der Waals surface area contributed by atoms with Crippen LogP contribution in [0.5, 0.6) is 0 Å². The maximum Gasteiger partial charge on any atom is 0 e. The van der Waals surface area contributed by atoms with Crippen LogP contribution in [-0.2, 0) is 69.4 Å². The molecule has 0 aliphatic heterocycles. The van der Waals surface area contributed by atoms with Gasteiger partial charge >= 0.3 is 22.6 Å². The van der Waals surface area contributed by atoms with Crippen LogP contribution in [0, 0.1) is 0 Å². The molecule has 0 aliphatic rings. The third kappa shape index (κ3) is 193. The average molecular weight is 272 g/mol. The fraction of sp³-hybridized carbons (Fsp3) is 0. The molecule has 0 aromatic heterocycles. The van der Waals surface area contributed by atoms with E-state index < -0.39 is 0 Å². The Hall–Kier alpha value is 1.74. The summed E-state index contributed by atoms with van der Waals surface area (Å²) in [6.45, 7) is 0. The van der Waals surface area contributed by atoms with Crippen LogP contribution in [-0.4, -0.2) is 17.8 Å². The monoisotopic (exact) mass is 272 g/mol. The van der Waals surface area contributed by atoms with Crippen molar-refractivity contribution in [1.29, 1.82) is 0 Å². The molecule has 0 N–H and O–H groups in total. The van der Waals surface area contributed by atoms with Gasteiger partial charge in [-0.25, -0.2) is 0 Å². The van der Waals surface area contributed by atoms with Crippen LogP contribution in [0.15, 0.2) is 0 Å². The molecule has 0 aromatic rings. The van der Waals surface area contributed by atoms with E-state index in [9.17, 15) is 0 Å². The molecule has 6 radical (unpaired) electrons. The second kappa shape index (κ2) is 247. The minimum atomic E-state index is 0. The molecule has 46 valence electrons. The predicted octanol–water partition coefficient (Wildman–Crippen LogP) is -0.532. The van der Waals surface area contributed by atoms with E-state index >= 15 is 0 Å². The van der Waals surface area contributed by atoms with Crippen molar-refractivity contribution >= 4 is 27.0 Å². The van der Waals surface area contributed by atoms with E-state index in [1.807, 2.05) is 0 Å². The zero-order valence-corrected chi connectivity index (χ0v) is 10.3. The molecule has 0 atom stereocenters. The first-order chi connectivity index (χ1) is 3.00. The van der Waals surface area contributed by atoms with Crippen molar-refractivity contribution < 1.29 is 69.4 Å². The summed E-state index contributed by atoms with van der Waals surface area (Å²) in [6.07, 6.45) is 0. The Morgan fingerprint density at radius 2 is 0.889 bits per heavy atom. The molecule has 9 heteroatoms. The normalized spacial score (nSPS) is 1.22. The maximum atomic E-state index is 8.06. The van der Waals surface area contributed by atoms with Gasteiger partial charge in [0.15, 0.2) is 0 Å². The fourth-order valence-corrected chi connectivity index (χ4v) is 0. The Labute approximate surface area is 95.7 Å². The van der Waals surface area contributed by atoms with Crippen LogP contribution < -0.4 is 0 Å². The van der Waals surface area contributed by atoms with Gasteiger partial charge in [-0.1, -0.05) is 0 Å². The van der Waals surface area contributed by atoms with Crippen molar-refractivity contribution in [2.45, 2.75) is 0 Å². The maximum absolute atomic E-state index is 8.06. The quantitative estimate of drug-likeness (QED) is 0.440. The summed E-state index contributed by atoms with van der Waals surface area (Å²) in [5, 5.41) is 0. The molecule has 0 unspecified atom stereocenters. The Bertz CT molecular complexity index is 23.8. The third-order valence-corrected chi connectivity index (χ3v) is 0. The minimum Gasteiger partial charge on any atom is 0 e. The summed E-state index contributed by atoms with van der Waals surface area (Å²) < 4.78 is 23.9. The van der Waals surface area contributed by atoms with Gasteiger partial charge in [0.05, 0.1) is 0 Å². The molecular weight excluding hydrogens is 271 g/mol. The van der Waals surface area contributed by atoms with Crippen molar-refractivity contribution in [3.8, 4) is 0 Å². The van der Waals surface area contributed by atoms with Crippen LogP contribution in [0.2, 0.25) is 0 Å². The van der Waals surface area contributed by atoms with Crippen LogP contribution in [0.1, 0.15) is 0 Å². The molecular formula is HBO3PSiV3. The Balaban J connectivity index is -0.00000000321. The van der Waals surface area contributed by atoms with E-state index in [4.69, 9.17) is 13.7 Å². The number of hydrogen-bond acceptors (Lipinski definition) is 3. The van der Waals surface area contributed by atoms with Gasteiger partial charge in [0, 0.05) is 55.7 Å². The molecule has 9 heavy (non-hydrogen) atoms. The molecule has 0 spiro atoms. The van der Waals surface area contributed by atoms with Gasteiger partial charge in [-0.2, -0.15) is 0 Å². The van der Waals surface area contributed by atoms with Crippen molar-refractivity contribution in [3.63, 3.8) is 0 Å². The smallest absolute Gasteiger partial charge is 0 e. The summed E-state index contributed by atoms with van der Waals surface area (Å²) in [4.78, 5) is 0. The third-order valence-electron chi connectivity index (χ3n) is 0. The predicted molar refractivity (Wildman–Crippen MR) is 21.9 cm³/mol. The fourth-order valence-electron chi connectivity index (χ4n) is 0. The molecule has 0 aromatic carbocycles. The first kappa shape index (κ1) is 45.4. The molecule has 0 saturated carbocycles. The Morgan fingerprint density at radius 3 is 0.889 bits per heavy atom. The van der Waals surface area contributed by atoms with Gasteiger partial charge in [-0.3, -0.25) is 4.57 Å². The molecule has 0 fully saturated rings. The molecule has 0 saturated heterocycles. The standard InChI is InChI=1S/BO.HOP.OSi.3V/c3*1-2;;;/h;2H;;;;. The van der Waals surface area contributed by atoms with E-state index in [1.165, 1.54) is 0 Å². The van der Waals surface area contributed by atoms with Gasteiger partial charge in [0.25, 0.3) is 0 Å². The zero-order valence-electron chi connectivity index (χ0n) is 4.14. The van der Waals surface area contributed by atoms with Crippen LogP contribution in [0.4, 0.5) is 0 Å². The zero-order chi connectivity index (χ0) is 6.00. The van der Waals surface area contributed by atoms with E-state index in [1.54, 1.807) is 19.2 Å². The second-order valence-electron chi connectivity index (χ2n) is 0. The molecule has 0 amide bonds. The van der Waals surface area contributed by atoms with Gasteiger partial charge in [-0.05, 0) is 0 Å². The van der Waals surface area contributed by atoms with Crippen molar-refractivity contribution in [1.82, 2.24) is 0 Å². The van der Waals surface area contributed by atoms with Gasteiger partial charge in [0.1, 0.15) is 9.12 Å². The summed E-state index contributed by atoms with van der Waals surface area (Å²) in [6, 6.07) is 0. The van der Waals surface area contributed by atoms with E-state index in [2.05, 4.69) is 7.72 Å². The molecule has 0 bridgehead atoms. The van der Waals surface area contributed by atoms with Gasteiger partial charge < -0.3 is 4.46 Å². The molecule has 3 nitrogen and oxygen atoms in total. The van der Waals surface area contributed by atoms with Crippen molar-refractivity contribution in [2.24, 2.45) is 0 Å². The Kier molecular flexibility index (Phi) is 1240. The largest absolute Gasteiger partial charge is 0 e. The van der Waals surface area contributed by atoms with Crippen LogP contribution in [0.25, 0.3) is 0 Å². The Morgan fingerprint density at radius 1 is 0.889 bits per heavy atom. The first-order valence-corrected chi connectivity index (χ1v) is 1.46. The van der Waals surface area contributed by atoms with Crippen molar-refractivity contribution in [3.05, 3.63) is 0 Å². The summed E-state index contributed by atoms with van der Waals surface area (Å²) in [5.41, 5.74) is 0. The first-order valence-electron chi connectivity index (χ1n) is 0.644. The molecule has 0 rings (SSSR count). The van der Waals surface area contributed by atoms with E-state index in [0.29, 0.717) is 0 Å². The van der Waals surface area contributed by atoms with Gasteiger partial charge in [0.2, 0.25) is 0 Å². The second-order valence-corrected chi connectivity index (χ2v) is 0. The number of hydrogen-bond donors (Lipinski definition) is 0. The van der Waals surface area contributed by atoms with Crippen LogP contribution in [0.3, 0.4) is 0 Å². The van der Waals surface area contributed by atoms with Crippen molar-refractivity contribution in [2.75, 3.05) is 0 Å². The SMILES string of the molecule is O=P.O=[Si].[B]=O.[V].[V].[V]. The number of rotatable bonds is 0. The van der Waals surface area contributed by atoms with Crippen LogP contribution >= 0.6 is 9.12 Å². The summed E-state index contributed by atoms with van der Waals surface area (Å²) in [7, 11) is 6.69. The van der Waals surface area contributed by atoms with E-state index in [0.717, 1.165) is 0 Å². The summed E-state index contributed by atoms with van der Waals surface area (Å²) in [5.74, 6) is 0. The molecule has 0 aliphatic carbocycles. The topological polar surface area (TPSA) is 51.2 Å². The minimum absolute atomic E-state index is 0.